The minimum Gasteiger partial charge on any atom is -0.391 e. The number of piperidine rings is 1. The number of hydrogen-bond donors (Lipinski definition) is 2. The number of halogens is 1. The quantitative estimate of drug-likeness (QED) is 0.880. The smallest absolute Gasteiger partial charge is 0.0715 e. The molecule has 18 heavy (non-hydrogen) atoms. The average molecular weight is 269 g/mol. The second-order valence-corrected chi connectivity index (χ2v) is 5.18. The highest BCUT2D eigenvalue weighted by molar-refractivity contribution is 6.33. The van der Waals surface area contributed by atoms with Gasteiger partial charge in [0.05, 0.1) is 16.8 Å². The van der Waals surface area contributed by atoms with Gasteiger partial charge >= 0.3 is 0 Å². The first-order valence-electron chi connectivity index (χ1n) is 6.63. The SMILES string of the molecule is CCNCc1cccc(Cl)c1N1CCCC(O)C1. The monoisotopic (exact) mass is 268 g/mol. The van der Waals surface area contributed by atoms with Gasteiger partial charge in [0.2, 0.25) is 0 Å². The van der Waals surface area contributed by atoms with E-state index in [0.29, 0.717) is 6.54 Å². The van der Waals surface area contributed by atoms with Gasteiger partial charge in [0.15, 0.2) is 0 Å². The summed E-state index contributed by atoms with van der Waals surface area (Å²) >= 11 is 6.34. The molecule has 0 amide bonds. The predicted molar refractivity (Wildman–Crippen MR) is 76.3 cm³/mol. The second-order valence-electron chi connectivity index (χ2n) is 4.77. The summed E-state index contributed by atoms with van der Waals surface area (Å²) in [5, 5.41) is 13.9. The molecule has 100 valence electrons. The summed E-state index contributed by atoms with van der Waals surface area (Å²) in [5.41, 5.74) is 2.29. The molecule has 0 bridgehead atoms. The van der Waals surface area contributed by atoms with Gasteiger partial charge in [0.1, 0.15) is 0 Å². The molecule has 2 rings (SSSR count). The van der Waals surface area contributed by atoms with E-state index in [-0.39, 0.29) is 6.10 Å². The van der Waals surface area contributed by atoms with Crippen LogP contribution in [0.3, 0.4) is 0 Å². The van der Waals surface area contributed by atoms with E-state index in [1.165, 1.54) is 5.56 Å². The lowest BCUT2D eigenvalue weighted by Gasteiger charge is -2.34. The molecule has 1 fully saturated rings. The molecule has 1 aromatic carbocycles. The Kier molecular flexibility index (Phi) is 4.87. The number of β-amino-alcohol motifs (C(OH)–C–C–N with tert-alkyl or cyclic N) is 1. The zero-order valence-electron chi connectivity index (χ0n) is 10.8. The zero-order chi connectivity index (χ0) is 13.0. The van der Waals surface area contributed by atoms with E-state index in [9.17, 15) is 5.11 Å². The van der Waals surface area contributed by atoms with E-state index in [1.54, 1.807) is 0 Å². The van der Waals surface area contributed by atoms with Gasteiger partial charge < -0.3 is 15.3 Å². The molecular weight excluding hydrogens is 248 g/mol. The fourth-order valence-electron chi connectivity index (χ4n) is 2.47. The molecule has 0 radical (unpaired) electrons. The molecule has 2 N–H and O–H groups in total. The van der Waals surface area contributed by atoms with Crippen molar-refractivity contribution in [3.05, 3.63) is 28.8 Å². The summed E-state index contributed by atoms with van der Waals surface area (Å²) in [7, 11) is 0. The highest BCUT2D eigenvalue weighted by atomic mass is 35.5. The largest absolute Gasteiger partial charge is 0.391 e. The maximum Gasteiger partial charge on any atom is 0.0715 e. The zero-order valence-corrected chi connectivity index (χ0v) is 11.6. The summed E-state index contributed by atoms with van der Waals surface area (Å²) < 4.78 is 0. The average Bonchev–Trinajstić information content (AvgIpc) is 2.36. The van der Waals surface area contributed by atoms with Crippen molar-refractivity contribution in [1.82, 2.24) is 5.32 Å². The van der Waals surface area contributed by atoms with Crippen LogP contribution >= 0.6 is 11.6 Å². The minimum atomic E-state index is -0.234. The molecular formula is C14H21ClN2O. The van der Waals surface area contributed by atoms with Crippen molar-refractivity contribution in [2.45, 2.75) is 32.4 Å². The lowest BCUT2D eigenvalue weighted by Crippen LogP contribution is -2.39. The van der Waals surface area contributed by atoms with Crippen molar-refractivity contribution in [2.75, 3.05) is 24.5 Å². The van der Waals surface area contributed by atoms with Gasteiger partial charge in [-0.2, -0.15) is 0 Å². The molecule has 0 spiro atoms. The van der Waals surface area contributed by atoms with E-state index in [4.69, 9.17) is 11.6 Å². The van der Waals surface area contributed by atoms with Gasteiger partial charge in [0, 0.05) is 19.6 Å². The third-order valence-electron chi connectivity index (χ3n) is 3.35. The number of anilines is 1. The number of aliphatic hydroxyl groups excluding tert-OH is 1. The highest BCUT2D eigenvalue weighted by Crippen LogP contribution is 2.32. The van der Waals surface area contributed by atoms with Gasteiger partial charge in [-0.05, 0) is 31.0 Å². The lowest BCUT2D eigenvalue weighted by atomic mass is 10.1. The van der Waals surface area contributed by atoms with Gasteiger partial charge in [-0.25, -0.2) is 0 Å². The second kappa shape index (κ2) is 6.41. The summed E-state index contributed by atoms with van der Waals surface area (Å²) in [6.07, 6.45) is 1.68. The number of rotatable bonds is 4. The maximum absolute atomic E-state index is 9.80. The standard InChI is InChI=1S/C14H21ClN2O/c1-2-16-9-11-5-3-7-13(15)14(11)17-8-4-6-12(18)10-17/h3,5,7,12,16,18H,2,4,6,8-10H2,1H3. The van der Waals surface area contributed by atoms with Crippen LogP contribution in [0.25, 0.3) is 0 Å². The number of aliphatic hydroxyl groups is 1. The van der Waals surface area contributed by atoms with Crippen LogP contribution in [-0.2, 0) is 6.54 Å². The van der Waals surface area contributed by atoms with Crippen molar-refractivity contribution in [2.24, 2.45) is 0 Å². The normalized spacial score (nSPS) is 20.2. The molecule has 0 aromatic heterocycles. The van der Waals surface area contributed by atoms with Crippen LogP contribution in [0.4, 0.5) is 5.69 Å². The molecule has 1 aliphatic rings. The van der Waals surface area contributed by atoms with E-state index < -0.39 is 0 Å². The van der Waals surface area contributed by atoms with Crippen LogP contribution in [0.1, 0.15) is 25.3 Å². The molecule has 1 aromatic rings. The van der Waals surface area contributed by atoms with Gasteiger partial charge in [0.25, 0.3) is 0 Å². The molecule has 4 heteroatoms. The number of benzene rings is 1. The summed E-state index contributed by atoms with van der Waals surface area (Å²) in [6, 6.07) is 6.01. The molecule has 1 aliphatic heterocycles. The Labute approximate surface area is 114 Å². The van der Waals surface area contributed by atoms with E-state index in [2.05, 4.69) is 23.2 Å². The van der Waals surface area contributed by atoms with E-state index >= 15 is 0 Å². The van der Waals surface area contributed by atoms with Crippen molar-refractivity contribution in [3.63, 3.8) is 0 Å². The fraction of sp³-hybridized carbons (Fsp3) is 0.571. The number of nitrogens with one attached hydrogen (secondary N) is 1. The van der Waals surface area contributed by atoms with Crippen molar-refractivity contribution < 1.29 is 5.11 Å². The van der Waals surface area contributed by atoms with Crippen LogP contribution in [0.5, 0.6) is 0 Å². The Hall–Kier alpha value is -0.770. The van der Waals surface area contributed by atoms with Gasteiger partial charge in [-0.1, -0.05) is 30.7 Å². The minimum absolute atomic E-state index is 0.234. The predicted octanol–water partition coefficient (Wildman–Crippen LogP) is 2.41. The number of para-hydroxylation sites is 1. The topological polar surface area (TPSA) is 35.5 Å². The molecule has 1 saturated heterocycles. The highest BCUT2D eigenvalue weighted by Gasteiger charge is 2.21. The first-order valence-corrected chi connectivity index (χ1v) is 7.01. The molecule has 1 heterocycles. The Morgan fingerprint density at radius 3 is 3.06 bits per heavy atom. The van der Waals surface area contributed by atoms with Crippen LogP contribution in [0, 0.1) is 0 Å². The third-order valence-corrected chi connectivity index (χ3v) is 3.65. The Morgan fingerprint density at radius 2 is 2.33 bits per heavy atom. The summed E-state index contributed by atoms with van der Waals surface area (Å²) in [5.74, 6) is 0. The van der Waals surface area contributed by atoms with E-state index in [1.807, 2.05) is 12.1 Å². The summed E-state index contributed by atoms with van der Waals surface area (Å²) in [6.45, 7) is 5.51. The summed E-state index contributed by atoms with van der Waals surface area (Å²) in [4.78, 5) is 2.21. The van der Waals surface area contributed by atoms with Crippen LogP contribution in [0.2, 0.25) is 5.02 Å². The van der Waals surface area contributed by atoms with Crippen molar-refractivity contribution in [3.8, 4) is 0 Å². The molecule has 1 atom stereocenters. The molecule has 3 nitrogen and oxygen atoms in total. The van der Waals surface area contributed by atoms with Crippen LogP contribution < -0.4 is 10.2 Å². The number of hydrogen-bond acceptors (Lipinski definition) is 3. The first kappa shape index (κ1) is 13.7. The van der Waals surface area contributed by atoms with Crippen molar-refractivity contribution in [1.29, 1.82) is 0 Å². The van der Waals surface area contributed by atoms with Crippen molar-refractivity contribution >= 4 is 17.3 Å². The fourth-order valence-corrected chi connectivity index (χ4v) is 2.79. The Morgan fingerprint density at radius 1 is 1.50 bits per heavy atom. The molecule has 1 unspecified atom stereocenters. The van der Waals surface area contributed by atoms with Gasteiger partial charge in [-0.15, -0.1) is 0 Å². The maximum atomic E-state index is 9.80. The number of nitrogens with zero attached hydrogens (tertiary/aromatic N) is 1. The third kappa shape index (κ3) is 3.16. The Bertz CT molecular complexity index is 397. The first-order chi connectivity index (χ1) is 8.72. The van der Waals surface area contributed by atoms with E-state index in [0.717, 1.165) is 43.2 Å². The molecule has 0 saturated carbocycles. The lowest BCUT2D eigenvalue weighted by molar-refractivity contribution is 0.154. The van der Waals surface area contributed by atoms with Crippen LogP contribution in [0.15, 0.2) is 18.2 Å². The van der Waals surface area contributed by atoms with Crippen LogP contribution in [-0.4, -0.2) is 30.8 Å². The Balaban J connectivity index is 2.23. The molecule has 0 aliphatic carbocycles. The van der Waals surface area contributed by atoms with Gasteiger partial charge in [-0.3, -0.25) is 0 Å².